The Morgan fingerprint density at radius 1 is 1.32 bits per heavy atom. The molecule has 0 bridgehead atoms. The summed E-state index contributed by atoms with van der Waals surface area (Å²) in [7, 11) is 1.57. The van der Waals surface area contributed by atoms with Gasteiger partial charge in [-0.2, -0.15) is 0 Å². The van der Waals surface area contributed by atoms with Gasteiger partial charge >= 0.3 is 0 Å². The van der Waals surface area contributed by atoms with Crippen LogP contribution in [0.2, 0.25) is 0 Å². The van der Waals surface area contributed by atoms with E-state index in [0.29, 0.717) is 37.2 Å². The molecule has 3 rings (SSSR count). The van der Waals surface area contributed by atoms with Crippen LogP contribution in [0.15, 0.2) is 24.3 Å². The summed E-state index contributed by atoms with van der Waals surface area (Å²) in [5.41, 5.74) is 0.461. The summed E-state index contributed by atoms with van der Waals surface area (Å²) in [6, 6.07) is 7.16. The fourth-order valence-corrected chi connectivity index (χ4v) is 3.64. The second kappa shape index (κ2) is 6.84. The van der Waals surface area contributed by atoms with Crippen LogP contribution in [-0.4, -0.2) is 55.1 Å². The number of benzene rings is 1. The van der Waals surface area contributed by atoms with Crippen molar-refractivity contribution in [2.24, 2.45) is 0 Å². The Kier molecular flexibility index (Phi) is 4.76. The molecule has 134 valence electrons. The Morgan fingerprint density at radius 3 is 2.84 bits per heavy atom. The highest BCUT2D eigenvalue weighted by Gasteiger charge is 2.52. The van der Waals surface area contributed by atoms with Gasteiger partial charge in [0.05, 0.1) is 17.9 Å². The molecule has 1 saturated heterocycles. The molecular weight excluding hydrogens is 322 g/mol. The van der Waals surface area contributed by atoms with E-state index in [9.17, 15) is 14.4 Å². The molecule has 1 atom stereocenters. The summed E-state index contributed by atoms with van der Waals surface area (Å²) in [4.78, 5) is 40.8. The highest BCUT2D eigenvalue weighted by molar-refractivity contribution is 6.10. The van der Waals surface area contributed by atoms with Crippen molar-refractivity contribution in [2.45, 2.75) is 31.8 Å². The zero-order chi connectivity index (χ0) is 18.0. The number of ether oxygens (including phenoxy) is 1. The first-order valence-corrected chi connectivity index (χ1v) is 8.49. The molecule has 0 spiro atoms. The Bertz CT molecular complexity index is 705. The van der Waals surface area contributed by atoms with Crippen molar-refractivity contribution >= 4 is 23.4 Å². The molecule has 25 heavy (non-hydrogen) atoms. The molecule has 0 aliphatic carbocycles. The van der Waals surface area contributed by atoms with E-state index >= 15 is 0 Å². The van der Waals surface area contributed by atoms with Gasteiger partial charge in [0.25, 0.3) is 5.91 Å². The first kappa shape index (κ1) is 17.4. The van der Waals surface area contributed by atoms with Gasteiger partial charge in [-0.15, -0.1) is 0 Å². The van der Waals surface area contributed by atoms with Crippen molar-refractivity contribution in [2.75, 3.05) is 31.7 Å². The van der Waals surface area contributed by atoms with Crippen molar-refractivity contribution < 1.29 is 19.1 Å². The number of carbonyl (C=O) groups is 3. The van der Waals surface area contributed by atoms with E-state index in [1.165, 1.54) is 0 Å². The smallest absolute Gasteiger partial charge is 0.257 e. The SMILES string of the molecule is COCCNC(=O)CCN1C(=O)c2ccccc2N2C(=O)CCC12C. The van der Waals surface area contributed by atoms with Crippen molar-refractivity contribution in [3.05, 3.63) is 29.8 Å². The van der Waals surface area contributed by atoms with Crippen LogP contribution in [0.4, 0.5) is 5.69 Å². The second-order valence-corrected chi connectivity index (χ2v) is 6.51. The number of amides is 3. The van der Waals surface area contributed by atoms with E-state index in [-0.39, 0.29) is 30.7 Å². The minimum absolute atomic E-state index is 0.0111. The minimum atomic E-state index is -0.713. The van der Waals surface area contributed by atoms with Gasteiger partial charge in [0.2, 0.25) is 11.8 Å². The first-order valence-electron chi connectivity index (χ1n) is 8.49. The number of anilines is 1. The van der Waals surface area contributed by atoms with E-state index < -0.39 is 5.66 Å². The Hall–Kier alpha value is -2.41. The van der Waals surface area contributed by atoms with Gasteiger partial charge in [-0.3, -0.25) is 19.3 Å². The van der Waals surface area contributed by atoms with E-state index in [4.69, 9.17) is 4.74 Å². The Morgan fingerprint density at radius 2 is 2.08 bits per heavy atom. The fraction of sp³-hybridized carbons (Fsp3) is 0.500. The number of nitrogens with one attached hydrogen (secondary N) is 1. The number of nitrogens with zero attached hydrogens (tertiary/aromatic N) is 2. The van der Waals surface area contributed by atoms with Gasteiger partial charge in [-0.1, -0.05) is 12.1 Å². The van der Waals surface area contributed by atoms with Crippen LogP contribution in [0.25, 0.3) is 0 Å². The van der Waals surface area contributed by atoms with E-state index in [1.807, 2.05) is 19.1 Å². The van der Waals surface area contributed by atoms with Gasteiger partial charge in [-0.05, 0) is 25.5 Å². The lowest BCUT2D eigenvalue weighted by molar-refractivity contribution is -0.121. The quantitative estimate of drug-likeness (QED) is 0.784. The molecule has 1 aromatic rings. The minimum Gasteiger partial charge on any atom is -0.383 e. The first-order chi connectivity index (χ1) is 12.0. The topological polar surface area (TPSA) is 79.0 Å². The van der Waals surface area contributed by atoms with Crippen molar-refractivity contribution in [1.82, 2.24) is 10.2 Å². The molecule has 0 saturated carbocycles. The number of hydrogen-bond donors (Lipinski definition) is 1. The zero-order valence-corrected chi connectivity index (χ0v) is 14.6. The average molecular weight is 345 g/mol. The lowest BCUT2D eigenvalue weighted by Crippen LogP contribution is -2.62. The molecule has 7 heteroatoms. The highest BCUT2D eigenvalue weighted by atomic mass is 16.5. The molecule has 7 nitrogen and oxygen atoms in total. The van der Waals surface area contributed by atoms with Gasteiger partial charge in [0.1, 0.15) is 5.66 Å². The Labute approximate surface area is 146 Å². The predicted octanol–water partition coefficient (Wildman–Crippen LogP) is 1.14. The number of carbonyl (C=O) groups excluding carboxylic acids is 3. The van der Waals surface area contributed by atoms with Crippen LogP contribution < -0.4 is 10.2 Å². The summed E-state index contributed by atoms with van der Waals surface area (Å²) >= 11 is 0. The van der Waals surface area contributed by atoms with E-state index in [2.05, 4.69) is 5.32 Å². The Balaban J connectivity index is 1.81. The third-order valence-electron chi connectivity index (χ3n) is 4.94. The second-order valence-electron chi connectivity index (χ2n) is 6.51. The maximum absolute atomic E-state index is 13.0. The van der Waals surface area contributed by atoms with Crippen LogP contribution in [0.5, 0.6) is 0 Å². The number of para-hydroxylation sites is 1. The van der Waals surface area contributed by atoms with Crippen LogP contribution >= 0.6 is 0 Å². The summed E-state index contributed by atoms with van der Waals surface area (Å²) in [5.74, 6) is -0.256. The van der Waals surface area contributed by atoms with Gasteiger partial charge in [-0.25, -0.2) is 0 Å². The number of methoxy groups -OCH3 is 1. The molecule has 0 aromatic heterocycles. The van der Waals surface area contributed by atoms with Crippen molar-refractivity contribution in [3.63, 3.8) is 0 Å². The molecule has 2 aliphatic heterocycles. The average Bonchev–Trinajstić information content (AvgIpc) is 2.91. The standard InChI is InChI=1S/C18H23N3O4/c1-18-9-7-16(23)21(18)14-6-4-3-5-13(14)17(24)20(18)11-8-15(22)19-10-12-25-2/h3-6H,7-12H2,1-2H3,(H,19,22). The molecule has 2 heterocycles. The number of hydrogen-bond acceptors (Lipinski definition) is 4. The van der Waals surface area contributed by atoms with Crippen LogP contribution in [0, 0.1) is 0 Å². The van der Waals surface area contributed by atoms with Gasteiger partial charge < -0.3 is 15.0 Å². The molecular formula is C18H23N3O4. The molecule has 3 amide bonds. The molecule has 1 fully saturated rings. The molecule has 1 aromatic carbocycles. The maximum atomic E-state index is 13.0. The predicted molar refractivity (Wildman–Crippen MR) is 92.1 cm³/mol. The van der Waals surface area contributed by atoms with Crippen molar-refractivity contribution in [1.29, 1.82) is 0 Å². The number of rotatable bonds is 6. The lowest BCUT2D eigenvalue weighted by atomic mass is 9.98. The monoisotopic (exact) mass is 345 g/mol. The van der Waals surface area contributed by atoms with Crippen LogP contribution in [-0.2, 0) is 14.3 Å². The third kappa shape index (κ3) is 3.00. The van der Waals surface area contributed by atoms with Gasteiger partial charge in [0.15, 0.2) is 0 Å². The number of fused-ring (bicyclic) bond motifs is 3. The fourth-order valence-electron chi connectivity index (χ4n) is 3.64. The van der Waals surface area contributed by atoms with E-state index in [1.54, 1.807) is 29.0 Å². The molecule has 0 radical (unpaired) electrons. The van der Waals surface area contributed by atoms with Gasteiger partial charge in [0, 0.05) is 33.0 Å². The van der Waals surface area contributed by atoms with Crippen LogP contribution in [0.1, 0.15) is 36.5 Å². The highest BCUT2D eigenvalue weighted by Crippen LogP contribution is 2.43. The van der Waals surface area contributed by atoms with Crippen LogP contribution in [0.3, 0.4) is 0 Å². The largest absolute Gasteiger partial charge is 0.383 e. The summed E-state index contributed by atoms with van der Waals surface area (Å²) in [6.07, 6.45) is 1.15. The summed E-state index contributed by atoms with van der Waals surface area (Å²) in [6.45, 7) is 3.05. The summed E-state index contributed by atoms with van der Waals surface area (Å²) in [5, 5.41) is 2.76. The molecule has 2 aliphatic rings. The maximum Gasteiger partial charge on any atom is 0.257 e. The normalized spacial score (nSPS) is 22.0. The van der Waals surface area contributed by atoms with E-state index in [0.717, 1.165) is 0 Å². The van der Waals surface area contributed by atoms with Crippen molar-refractivity contribution in [3.8, 4) is 0 Å². The molecule has 1 N–H and O–H groups in total. The lowest BCUT2D eigenvalue weighted by Gasteiger charge is -2.48. The summed E-state index contributed by atoms with van der Waals surface area (Å²) < 4.78 is 4.90. The molecule has 1 unspecified atom stereocenters. The third-order valence-corrected chi connectivity index (χ3v) is 4.94. The zero-order valence-electron chi connectivity index (χ0n) is 14.6.